The van der Waals surface area contributed by atoms with E-state index >= 15 is 0 Å². The van der Waals surface area contributed by atoms with Gasteiger partial charge in [0, 0.05) is 13.7 Å². The summed E-state index contributed by atoms with van der Waals surface area (Å²) in [5.74, 6) is -0.859. The van der Waals surface area contributed by atoms with Gasteiger partial charge in [-0.15, -0.1) is 0 Å². The summed E-state index contributed by atoms with van der Waals surface area (Å²) in [6.45, 7) is 3.13. The van der Waals surface area contributed by atoms with E-state index in [9.17, 15) is 9.90 Å². The Bertz CT molecular complexity index is 492. The van der Waals surface area contributed by atoms with Gasteiger partial charge < -0.3 is 10.4 Å². The number of hydrogen-bond acceptors (Lipinski definition) is 2. The zero-order valence-electron chi connectivity index (χ0n) is 12.0. The number of nitrogens with one attached hydrogen (secondary N) is 1. The minimum atomic E-state index is -0.859. The van der Waals surface area contributed by atoms with E-state index in [0.29, 0.717) is 5.56 Å². The average Bonchev–Trinajstić information content (AvgIpc) is 2.40. The molecule has 0 saturated heterocycles. The molecule has 1 rings (SSSR count). The molecule has 0 saturated carbocycles. The molecule has 3 nitrogen and oxygen atoms in total. The second-order valence-corrected chi connectivity index (χ2v) is 8.31. The van der Waals surface area contributed by atoms with Crippen LogP contribution in [0.1, 0.15) is 55.8 Å². The Morgan fingerprint density at radius 1 is 1.10 bits per heavy atom. The van der Waals surface area contributed by atoms with E-state index in [1.54, 1.807) is 0 Å². The van der Waals surface area contributed by atoms with Gasteiger partial charge in [-0.25, -0.2) is 4.79 Å². The first kappa shape index (κ1) is 19.7. The van der Waals surface area contributed by atoms with Crippen molar-refractivity contribution in [2.24, 2.45) is 0 Å². The van der Waals surface area contributed by atoms with Crippen LogP contribution in [0.15, 0.2) is 6.07 Å². The highest BCUT2D eigenvalue weighted by Gasteiger charge is 2.18. The maximum atomic E-state index is 11.3. The predicted molar refractivity (Wildman–Crippen MR) is 113 cm³/mol. The lowest BCUT2D eigenvalue weighted by Crippen LogP contribution is -2.11. The monoisotopic (exact) mass is 627 g/mol. The number of benzene rings is 1. The predicted octanol–water partition coefficient (Wildman–Crippen LogP) is 5.97. The van der Waals surface area contributed by atoms with Crippen LogP contribution in [0.5, 0.6) is 0 Å². The quantitative estimate of drug-likeness (QED) is 0.262. The lowest BCUT2D eigenvalue weighted by molar-refractivity contribution is 0.0694. The fourth-order valence-corrected chi connectivity index (χ4v) is 6.28. The van der Waals surface area contributed by atoms with Gasteiger partial charge in [-0.1, -0.05) is 39.0 Å². The highest BCUT2D eigenvalue weighted by molar-refractivity contribution is 14.1. The number of halogens is 3. The van der Waals surface area contributed by atoms with Crippen LogP contribution in [0.2, 0.25) is 0 Å². The summed E-state index contributed by atoms with van der Waals surface area (Å²) < 4.78 is 2.68. The third kappa shape index (κ3) is 6.36. The van der Waals surface area contributed by atoms with Gasteiger partial charge in [-0.05, 0) is 80.3 Å². The Morgan fingerprint density at radius 3 is 2.33 bits per heavy atom. The number of rotatable bonds is 9. The molecule has 0 aromatic heterocycles. The molecule has 0 fully saturated rings. The second-order valence-electron chi connectivity index (χ2n) is 4.90. The van der Waals surface area contributed by atoms with Crippen LogP contribution in [0, 0.1) is 10.7 Å². The van der Waals surface area contributed by atoms with Gasteiger partial charge in [0.25, 0.3) is 0 Å². The van der Waals surface area contributed by atoms with Crippen molar-refractivity contribution in [2.45, 2.75) is 45.4 Å². The van der Waals surface area contributed by atoms with Gasteiger partial charge in [0.1, 0.15) is 0 Å². The highest BCUT2D eigenvalue weighted by Crippen LogP contribution is 2.31. The number of hydrogen-bond donors (Lipinski definition) is 2. The van der Waals surface area contributed by atoms with Crippen molar-refractivity contribution in [3.8, 4) is 0 Å². The van der Waals surface area contributed by atoms with Crippen molar-refractivity contribution < 1.29 is 9.90 Å². The lowest BCUT2D eigenvalue weighted by atomic mass is 10.1. The molecule has 0 radical (unpaired) electrons. The average molecular weight is 627 g/mol. The molecule has 0 unspecified atom stereocenters. The molecule has 2 N–H and O–H groups in total. The van der Waals surface area contributed by atoms with E-state index < -0.39 is 5.97 Å². The van der Waals surface area contributed by atoms with Gasteiger partial charge in [-0.2, -0.15) is 0 Å². The number of carbonyl (C=O) groups is 1. The molecule has 21 heavy (non-hydrogen) atoms. The fraction of sp³-hybridized carbons (Fsp3) is 0.533. The van der Waals surface area contributed by atoms with Gasteiger partial charge in [0.15, 0.2) is 0 Å². The van der Waals surface area contributed by atoms with Crippen LogP contribution in [-0.4, -0.2) is 17.6 Å². The first-order valence-electron chi connectivity index (χ1n) is 7.13. The molecule has 0 aliphatic heterocycles. The molecule has 0 spiro atoms. The maximum absolute atomic E-state index is 11.3. The van der Waals surface area contributed by atoms with E-state index in [2.05, 4.69) is 80.0 Å². The molecular formula is C15H20I3NO2. The van der Waals surface area contributed by atoms with Gasteiger partial charge in [-0.3, -0.25) is 0 Å². The molecule has 0 aliphatic rings. The SMILES string of the molecule is CCCCCCCCNc1c(I)cc(I)c(C(=O)O)c1I. The minimum Gasteiger partial charge on any atom is -0.478 e. The van der Waals surface area contributed by atoms with Crippen molar-refractivity contribution in [1.82, 2.24) is 0 Å². The second kappa shape index (κ2) is 10.5. The molecule has 0 atom stereocenters. The minimum absolute atomic E-state index is 0.405. The molecule has 0 amide bonds. The summed E-state index contributed by atoms with van der Waals surface area (Å²) in [4.78, 5) is 11.3. The van der Waals surface area contributed by atoms with Crippen molar-refractivity contribution in [1.29, 1.82) is 0 Å². The number of aromatic carboxylic acids is 1. The Morgan fingerprint density at radius 2 is 1.71 bits per heavy atom. The molecule has 0 heterocycles. The first-order valence-corrected chi connectivity index (χ1v) is 10.4. The zero-order chi connectivity index (χ0) is 15.8. The lowest BCUT2D eigenvalue weighted by Gasteiger charge is -2.14. The number of anilines is 1. The smallest absolute Gasteiger partial charge is 0.337 e. The Hall–Kier alpha value is 0.680. The molecule has 0 aliphatic carbocycles. The fourth-order valence-electron chi connectivity index (χ4n) is 2.07. The Kier molecular flexibility index (Phi) is 9.82. The Balaban J connectivity index is 2.59. The topological polar surface area (TPSA) is 49.3 Å². The highest BCUT2D eigenvalue weighted by atomic mass is 127. The third-order valence-electron chi connectivity index (χ3n) is 3.22. The van der Waals surface area contributed by atoms with Gasteiger partial charge in [0.2, 0.25) is 0 Å². The van der Waals surface area contributed by atoms with Gasteiger partial charge >= 0.3 is 5.97 Å². The van der Waals surface area contributed by atoms with Gasteiger partial charge in [0.05, 0.1) is 14.8 Å². The molecule has 0 bridgehead atoms. The normalized spacial score (nSPS) is 10.7. The van der Waals surface area contributed by atoms with Crippen LogP contribution in [0.4, 0.5) is 5.69 Å². The number of carboxylic acid groups (broad SMARTS) is 1. The summed E-state index contributed by atoms with van der Waals surface area (Å²) in [7, 11) is 0. The van der Waals surface area contributed by atoms with Crippen LogP contribution in [-0.2, 0) is 0 Å². The molecule has 6 heteroatoms. The summed E-state index contributed by atoms with van der Waals surface area (Å²) >= 11 is 6.49. The molecule has 1 aromatic carbocycles. The summed E-state index contributed by atoms with van der Waals surface area (Å²) in [6.07, 6.45) is 7.56. The van der Waals surface area contributed by atoms with E-state index in [4.69, 9.17) is 0 Å². The van der Waals surface area contributed by atoms with E-state index in [-0.39, 0.29) is 0 Å². The van der Waals surface area contributed by atoms with Crippen LogP contribution < -0.4 is 5.32 Å². The third-order valence-corrected chi connectivity index (χ3v) is 6.00. The van der Waals surface area contributed by atoms with E-state index in [1.807, 2.05) is 6.07 Å². The van der Waals surface area contributed by atoms with Crippen LogP contribution >= 0.6 is 67.8 Å². The standard InChI is InChI=1S/C15H20I3NO2/c1-2-3-4-5-6-7-8-19-14-11(17)9-10(16)12(13(14)18)15(20)21/h9,19H,2-8H2,1H3,(H,20,21). The first-order chi connectivity index (χ1) is 9.99. The maximum Gasteiger partial charge on any atom is 0.337 e. The molecule has 1 aromatic rings. The van der Waals surface area contributed by atoms with Crippen molar-refractivity contribution in [3.05, 3.63) is 22.3 Å². The number of unbranched alkanes of at least 4 members (excludes halogenated alkanes) is 5. The van der Waals surface area contributed by atoms with Crippen LogP contribution in [0.3, 0.4) is 0 Å². The zero-order valence-corrected chi connectivity index (χ0v) is 18.5. The van der Waals surface area contributed by atoms with Crippen molar-refractivity contribution >= 4 is 79.4 Å². The molecular weight excluding hydrogens is 607 g/mol. The van der Waals surface area contributed by atoms with Crippen molar-refractivity contribution in [3.63, 3.8) is 0 Å². The summed E-state index contributed by atoms with van der Waals surface area (Å²) in [6, 6.07) is 1.93. The van der Waals surface area contributed by atoms with E-state index in [1.165, 1.54) is 32.1 Å². The Labute approximate surface area is 167 Å². The summed E-state index contributed by atoms with van der Waals surface area (Å²) in [5.41, 5.74) is 1.37. The summed E-state index contributed by atoms with van der Waals surface area (Å²) in [5, 5.41) is 12.7. The molecule has 118 valence electrons. The van der Waals surface area contributed by atoms with E-state index in [0.717, 1.165) is 29.4 Å². The largest absolute Gasteiger partial charge is 0.478 e. The van der Waals surface area contributed by atoms with Crippen LogP contribution in [0.25, 0.3) is 0 Å². The van der Waals surface area contributed by atoms with Crippen molar-refractivity contribution in [2.75, 3.05) is 11.9 Å². The number of carboxylic acids is 1.